The van der Waals surface area contributed by atoms with Gasteiger partial charge in [-0.3, -0.25) is 14.9 Å². The van der Waals surface area contributed by atoms with E-state index in [9.17, 15) is 18.0 Å². The van der Waals surface area contributed by atoms with E-state index in [0.717, 1.165) is 9.01 Å². The van der Waals surface area contributed by atoms with Crippen molar-refractivity contribution in [3.63, 3.8) is 0 Å². The van der Waals surface area contributed by atoms with E-state index in [1.807, 2.05) is 13.0 Å². The van der Waals surface area contributed by atoms with Gasteiger partial charge in [0.15, 0.2) is 11.7 Å². The van der Waals surface area contributed by atoms with E-state index in [2.05, 4.69) is 10.3 Å². The molecule has 34 heavy (non-hydrogen) atoms. The molecule has 1 N–H and O–H groups in total. The number of rotatable bonds is 8. The maximum absolute atomic E-state index is 13.0. The fourth-order valence-electron chi connectivity index (χ4n) is 3.61. The molecule has 1 aromatic heterocycles. The zero-order chi connectivity index (χ0) is 24.3. The third-order valence-electron chi connectivity index (χ3n) is 5.16. The Morgan fingerprint density at radius 1 is 1.24 bits per heavy atom. The Balaban J connectivity index is 1.36. The Bertz CT molecular complexity index is 1310. The molecule has 2 heterocycles. The van der Waals surface area contributed by atoms with Crippen LogP contribution in [0.15, 0.2) is 47.4 Å². The second-order valence-corrected chi connectivity index (χ2v) is 10.8. The molecule has 2 aromatic carbocycles. The van der Waals surface area contributed by atoms with Gasteiger partial charge in [-0.1, -0.05) is 22.9 Å². The number of hydrogen-bond acceptors (Lipinski definition) is 8. The molecule has 0 spiro atoms. The number of carbonyl (C=O) groups excluding carboxylic acids is 2. The van der Waals surface area contributed by atoms with E-state index in [1.54, 1.807) is 12.1 Å². The van der Waals surface area contributed by atoms with E-state index in [0.29, 0.717) is 40.9 Å². The number of thiazole rings is 1. The van der Waals surface area contributed by atoms with Gasteiger partial charge >= 0.3 is 5.97 Å². The second-order valence-electron chi connectivity index (χ2n) is 7.47. The molecular formula is C22H22ClN3O6S2. The van der Waals surface area contributed by atoms with Gasteiger partial charge in [-0.25, -0.2) is 13.4 Å². The number of hydrogen-bond donors (Lipinski definition) is 1. The van der Waals surface area contributed by atoms with Gasteiger partial charge in [0.25, 0.3) is 5.91 Å². The number of nitrogens with zero attached hydrogens (tertiary/aromatic N) is 2. The smallest absolute Gasteiger partial charge is 0.324 e. The number of halogens is 1. The molecule has 1 aliphatic heterocycles. The van der Waals surface area contributed by atoms with Gasteiger partial charge in [0.2, 0.25) is 10.0 Å². The van der Waals surface area contributed by atoms with Crippen LogP contribution in [-0.2, 0) is 24.3 Å². The minimum absolute atomic E-state index is 0.0395. The SMILES string of the molecule is CCOc1ccc2nc(NC(=O)COC(=O)C3CCCN3S(=O)(=O)c3ccc(Cl)cc3)sc2c1. The summed E-state index contributed by atoms with van der Waals surface area (Å²) >= 11 is 7.11. The number of fused-ring (bicyclic) bond motifs is 1. The molecule has 1 amide bonds. The molecule has 9 nitrogen and oxygen atoms in total. The number of nitrogens with one attached hydrogen (secondary N) is 1. The lowest BCUT2D eigenvalue weighted by Gasteiger charge is -2.22. The van der Waals surface area contributed by atoms with Crippen molar-refractivity contribution in [2.45, 2.75) is 30.7 Å². The number of sulfonamides is 1. The molecular weight excluding hydrogens is 502 g/mol. The first-order valence-corrected chi connectivity index (χ1v) is 13.2. The fraction of sp³-hybridized carbons (Fsp3) is 0.318. The second kappa shape index (κ2) is 10.3. The van der Waals surface area contributed by atoms with Gasteiger partial charge in [0.1, 0.15) is 11.8 Å². The van der Waals surface area contributed by atoms with Crippen molar-refractivity contribution in [1.82, 2.24) is 9.29 Å². The fourth-order valence-corrected chi connectivity index (χ4v) is 6.29. The van der Waals surface area contributed by atoms with E-state index >= 15 is 0 Å². The summed E-state index contributed by atoms with van der Waals surface area (Å²) in [5.41, 5.74) is 0.703. The normalized spacial score (nSPS) is 16.5. The maximum Gasteiger partial charge on any atom is 0.324 e. The largest absolute Gasteiger partial charge is 0.494 e. The summed E-state index contributed by atoms with van der Waals surface area (Å²) in [4.78, 5) is 29.3. The lowest BCUT2D eigenvalue weighted by molar-refractivity contribution is -0.150. The highest BCUT2D eigenvalue weighted by Crippen LogP contribution is 2.30. The Hall–Kier alpha value is -2.73. The molecule has 3 aromatic rings. The van der Waals surface area contributed by atoms with E-state index in [4.69, 9.17) is 21.1 Å². The summed E-state index contributed by atoms with van der Waals surface area (Å²) in [6.45, 7) is 2.07. The number of carbonyl (C=O) groups is 2. The summed E-state index contributed by atoms with van der Waals surface area (Å²) < 4.78 is 38.5. The number of amides is 1. The number of esters is 1. The van der Waals surface area contributed by atoms with Gasteiger partial charge in [-0.05, 0) is 62.2 Å². The molecule has 1 fully saturated rings. The molecule has 0 radical (unpaired) electrons. The molecule has 0 saturated carbocycles. The van der Waals surface area contributed by atoms with Crippen LogP contribution in [0.1, 0.15) is 19.8 Å². The topological polar surface area (TPSA) is 115 Å². The van der Waals surface area contributed by atoms with Crippen molar-refractivity contribution in [3.05, 3.63) is 47.5 Å². The quantitative estimate of drug-likeness (QED) is 0.448. The van der Waals surface area contributed by atoms with Gasteiger partial charge < -0.3 is 9.47 Å². The first kappa shape index (κ1) is 24.4. The third-order valence-corrected chi connectivity index (χ3v) is 8.27. The minimum Gasteiger partial charge on any atom is -0.494 e. The zero-order valence-electron chi connectivity index (χ0n) is 18.2. The predicted octanol–water partition coefficient (Wildman–Crippen LogP) is 3.68. The summed E-state index contributed by atoms with van der Waals surface area (Å²) in [6.07, 6.45) is 0.821. The summed E-state index contributed by atoms with van der Waals surface area (Å²) in [6, 6.07) is 10.2. The number of ether oxygens (including phenoxy) is 2. The van der Waals surface area contributed by atoms with Crippen molar-refractivity contribution in [2.24, 2.45) is 0 Å². The highest BCUT2D eigenvalue weighted by molar-refractivity contribution is 7.89. The maximum atomic E-state index is 13.0. The summed E-state index contributed by atoms with van der Waals surface area (Å²) in [5.74, 6) is -0.626. The summed E-state index contributed by atoms with van der Waals surface area (Å²) in [7, 11) is -3.90. The number of aromatic nitrogens is 1. The zero-order valence-corrected chi connectivity index (χ0v) is 20.6. The highest BCUT2D eigenvalue weighted by Gasteiger charge is 2.40. The van der Waals surface area contributed by atoms with Gasteiger partial charge in [0, 0.05) is 11.6 Å². The van der Waals surface area contributed by atoms with Crippen molar-refractivity contribution >= 4 is 60.2 Å². The Morgan fingerprint density at radius 3 is 2.74 bits per heavy atom. The molecule has 1 unspecified atom stereocenters. The van der Waals surface area contributed by atoms with Crippen LogP contribution >= 0.6 is 22.9 Å². The van der Waals surface area contributed by atoms with Crippen LogP contribution in [0.3, 0.4) is 0 Å². The lowest BCUT2D eigenvalue weighted by Crippen LogP contribution is -2.42. The first-order valence-electron chi connectivity index (χ1n) is 10.5. The van der Waals surface area contributed by atoms with E-state index in [-0.39, 0.29) is 11.4 Å². The van der Waals surface area contributed by atoms with Crippen molar-refractivity contribution < 1.29 is 27.5 Å². The highest BCUT2D eigenvalue weighted by atomic mass is 35.5. The van der Waals surface area contributed by atoms with Crippen LogP contribution in [0.4, 0.5) is 5.13 Å². The Labute approximate surface area is 205 Å². The van der Waals surface area contributed by atoms with E-state index < -0.39 is 34.5 Å². The van der Waals surface area contributed by atoms with Gasteiger partial charge in [-0.2, -0.15) is 4.31 Å². The molecule has 180 valence electrons. The minimum atomic E-state index is -3.90. The average molecular weight is 524 g/mol. The van der Waals surface area contributed by atoms with Crippen LogP contribution in [0.25, 0.3) is 10.2 Å². The van der Waals surface area contributed by atoms with Gasteiger partial charge in [-0.15, -0.1) is 0 Å². The molecule has 4 rings (SSSR count). The average Bonchev–Trinajstić information content (AvgIpc) is 3.45. The molecule has 1 atom stereocenters. The van der Waals surface area contributed by atoms with Crippen molar-refractivity contribution in [1.29, 1.82) is 0 Å². The first-order chi connectivity index (χ1) is 16.3. The van der Waals surface area contributed by atoms with Gasteiger partial charge in [0.05, 0.1) is 21.7 Å². The molecule has 0 aliphatic carbocycles. The molecule has 12 heteroatoms. The number of anilines is 1. The van der Waals surface area contributed by atoms with E-state index in [1.165, 1.54) is 35.6 Å². The van der Waals surface area contributed by atoms with Crippen LogP contribution in [0.5, 0.6) is 5.75 Å². The van der Waals surface area contributed by atoms with Crippen LogP contribution < -0.4 is 10.1 Å². The Kier molecular flexibility index (Phi) is 7.36. The monoisotopic (exact) mass is 523 g/mol. The van der Waals surface area contributed by atoms with Crippen LogP contribution in [0.2, 0.25) is 5.02 Å². The molecule has 1 saturated heterocycles. The van der Waals surface area contributed by atoms with Crippen LogP contribution in [0, 0.1) is 0 Å². The lowest BCUT2D eigenvalue weighted by atomic mass is 10.2. The standard InChI is InChI=1S/C22H22ClN3O6S2/c1-2-31-15-7-10-17-19(12-15)33-22(24-17)25-20(27)13-32-21(28)18-4-3-11-26(18)34(29,30)16-8-5-14(23)6-9-16/h5-10,12,18H,2-4,11,13H2,1H3,(H,24,25,27). The van der Waals surface area contributed by atoms with Crippen molar-refractivity contribution in [3.8, 4) is 5.75 Å². The van der Waals surface area contributed by atoms with Crippen LogP contribution in [-0.4, -0.2) is 55.4 Å². The third kappa shape index (κ3) is 5.33. The van der Waals surface area contributed by atoms with Crippen molar-refractivity contribution in [2.75, 3.05) is 25.1 Å². The Morgan fingerprint density at radius 2 is 2.00 bits per heavy atom. The molecule has 0 bridgehead atoms. The number of benzene rings is 2. The summed E-state index contributed by atoms with van der Waals surface area (Å²) in [5, 5.41) is 3.37. The predicted molar refractivity (Wildman–Crippen MR) is 129 cm³/mol. The molecule has 1 aliphatic rings.